The van der Waals surface area contributed by atoms with Crippen LogP contribution in [0.1, 0.15) is 11.1 Å². The Hall–Kier alpha value is -2.11. The summed E-state index contributed by atoms with van der Waals surface area (Å²) in [7, 11) is 0. The lowest BCUT2D eigenvalue weighted by Crippen LogP contribution is -2.09. The molecule has 2 N–H and O–H groups in total. The first-order valence-corrected chi connectivity index (χ1v) is 5.39. The predicted molar refractivity (Wildman–Crippen MR) is 63.8 cm³/mol. The fraction of sp³-hybridized carbons (Fsp3) is 0.154. The van der Waals surface area contributed by atoms with Crippen molar-refractivity contribution >= 4 is 5.82 Å². The Morgan fingerprint density at radius 2 is 1.84 bits per heavy atom. The van der Waals surface area contributed by atoms with Crippen molar-refractivity contribution in [1.82, 2.24) is 4.98 Å². The fourth-order valence-corrected chi connectivity index (χ4v) is 1.78. The maximum absolute atomic E-state index is 13.9. The quantitative estimate of drug-likeness (QED) is 0.800. The smallest absolute Gasteiger partial charge is 0.384 e. The number of hydrogen-bond donors (Lipinski definition) is 1. The number of nitrogens with zero attached hydrogens (tertiary/aromatic N) is 1. The molecule has 0 fully saturated rings. The van der Waals surface area contributed by atoms with Gasteiger partial charge in [0.1, 0.15) is 11.6 Å². The molecule has 2 rings (SSSR count). The summed E-state index contributed by atoms with van der Waals surface area (Å²) >= 11 is 0. The van der Waals surface area contributed by atoms with Gasteiger partial charge in [0.25, 0.3) is 0 Å². The molecule has 0 spiro atoms. The first kappa shape index (κ1) is 13.3. The van der Waals surface area contributed by atoms with Crippen LogP contribution in [0, 0.1) is 12.7 Å². The summed E-state index contributed by atoms with van der Waals surface area (Å²) in [5.74, 6) is -0.955. The molecule has 0 saturated carbocycles. The SMILES string of the molecule is Cc1cccc(-c2cnc(N)cc2C(F)(F)F)c1F. The van der Waals surface area contributed by atoms with Crippen LogP contribution in [0.3, 0.4) is 0 Å². The summed E-state index contributed by atoms with van der Waals surface area (Å²) in [5, 5.41) is 0. The molecule has 0 bridgehead atoms. The number of hydrogen-bond acceptors (Lipinski definition) is 2. The molecule has 0 unspecified atom stereocenters. The molecule has 0 atom stereocenters. The van der Waals surface area contributed by atoms with Gasteiger partial charge in [0.2, 0.25) is 0 Å². The molecule has 0 aliphatic heterocycles. The van der Waals surface area contributed by atoms with E-state index in [9.17, 15) is 17.6 Å². The Morgan fingerprint density at radius 3 is 2.47 bits per heavy atom. The third kappa shape index (κ3) is 2.52. The highest BCUT2D eigenvalue weighted by molar-refractivity contribution is 5.69. The number of anilines is 1. The Labute approximate surface area is 106 Å². The lowest BCUT2D eigenvalue weighted by Gasteiger charge is -2.14. The fourth-order valence-electron chi connectivity index (χ4n) is 1.78. The van der Waals surface area contributed by atoms with Crippen molar-refractivity contribution in [2.45, 2.75) is 13.1 Å². The number of pyridine rings is 1. The van der Waals surface area contributed by atoms with Crippen LogP contribution in [0.4, 0.5) is 23.4 Å². The average Bonchev–Trinajstić information content (AvgIpc) is 2.32. The molecule has 0 aliphatic rings. The van der Waals surface area contributed by atoms with E-state index in [0.29, 0.717) is 6.07 Å². The number of benzene rings is 1. The Morgan fingerprint density at radius 1 is 1.16 bits per heavy atom. The van der Waals surface area contributed by atoms with Gasteiger partial charge in [-0.05, 0) is 18.6 Å². The minimum absolute atomic E-state index is 0.139. The van der Waals surface area contributed by atoms with Gasteiger partial charge in [0, 0.05) is 17.3 Å². The van der Waals surface area contributed by atoms with Crippen LogP contribution in [0.5, 0.6) is 0 Å². The summed E-state index contributed by atoms with van der Waals surface area (Å²) in [5.41, 5.74) is 4.08. The molecule has 6 heteroatoms. The lowest BCUT2D eigenvalue weighted by atomic mass is 9.99. The van der Waals surface area contributed by atoms with Crippen LogP contribution in [0.25, 0.3) is 11.1 Å². The zero-order valence-electron chi connectivity index (χ0n) is 9.92. The Balaban J connectivity index is 2.72. The summed E-state index contributed by atoms with van der Waals surface area (Å²) in [6.07, 6.45) is -3.68. The lowest BCUT2D eigenvalue weighted by molar-refractivity contribution is -0.137. The van der Waals surface area contributed by atoms with Crippen LogP contribution in [0.2, 0.25) is 0 Å². The molecule has 0 radical (unpaired) electrons. The van der Waals surface area contributed by atoms with Crippen LogP contribution in [0.15, 0.2) is 30.5 Å². The summed E-state index contributed by atoms with van der Waals surface area (Å²) < 4.78 is 52.8. The van der Waals surface area contributed by atoms with E-state index in [2.05, 4.69) is 4.98 Å². The van der Waals surface area contributed by atoms with E-state index >= 15 is 0 Å². The second-order valence-corrected chi connectivity index (χ2v) is 4.09. The van der Waals surface area contributed by atoms with Gasteiger partial charge < -0.3 is 5.73 Å². The number of alkyl halides is 3. The molecule has 100 valence electrons. The van der Waals surface area contributed by atoms with Crippen molar-refractivity contribution in [2.75, 3.05) is 5.73 Å². The predicted octanol–water partition coefficient (Wildman–Crippen LogP) is 3.80. The molecule has 2 aromatic rings. The summed E-state index contributed by atoms with van der Waals surface area (Å²) in [4.78, 5) is 3.61. The molecule has 0 aliphatic carbocycles. The first-order valence-electron chi connectivity index (χ1n) is 5.39. The van der Waals surface area contributed by atoms with E-state index in [1.54, 1.807) is 0 Å². The van der Waals surface area contributed by atoms with Crippen LogP contribution < -0.4 is 5.73 Å². The first-order chi connectivity index (χ1) is 8.80. The second kappa shape index (κ2) is 4.53. The van der Waals surface area contributed by atoms with Gasteiger partial charge >= 0.3 is 6.18 Å². The molecule has 1 aromatic heterocycles. The molecule has 0 saturated heterocycles. The van der Waals surface area contributed by atoms with Gasteiger partial charge in [-0.1, -0.05) is 18.2 Å². The molecule has 1 heterocycles. The topological polar surface area (TPSA) is 38.9 Å². The summed E-state index contributed by atoms with van der Waals surface area (Å²) in [6, 6.07) is 4.96. The van der Waals surface area contributed by atoms with Gasteiger partial charge in [-0.2, -0.15) is 13.2 Å². The number of nitrogen functional groups attached to an aromatic ring is 1. The minimum atomic E-state index is -4.62. The van der Waals surface area contributed by atoms with Crippen LogP contribution in [-0.4, -0.2) is 4.98 Å². The molecule has 19 heavy (non-hydrogen) atoms. The standard InChI is InChI=1S/C13H10F4N2/c1-7-3-2-4-8(12(7)14)9-6-19-11(18)5-10(9)13(15,16)17/h2-6H,1H3,(H2,18,19). The van der Waals surface area contributed by atoms with Crippen molar-refractivity contribution in [3.8, 4) is 11.1 Å². The van der Waals surface area contributed by atoms with Gasteiger partial charge in [-0.3, -0.25) is 0 Å². The van der Waals surface area contributed by atoms with Crippen molar-refractivity contribution < 1.29 is 17.6 Å². The van der Waals surface area contributed by atoms with Gasteiger partial charge in [-0.15, -0.1) is 0 Å². The number of halogens is 4. The van der Waals surface area contributed by atoms with Crippen molar-refractivity contribution in [3.63, 3.8) is 0 Å². The van der Waals surface area contributed by atoms with E-state index < -0.39 is 17.6 Å². The zero-order chi connectivity index (χ0) is 14.2. The molecule has 2 nitrogen and oxygen atoms in total. The van der Waals surface area contributed by atoms with Gasteiger partial charge in [-0.25, -0.2) is 9.37 Å². The number of aromatic nitrogens is 1. The van der Waals surface area contributed by atoms with Crippen LogP contribution in [-0.2, 0) is 6.18 Å². The molecule has 1 aromatic carbocycles. The highest BCUT2D eigenvalue weighted by Gasteiger charge is 2.34. The van der Waals surface area contributed by atoms with E-state index in [0.717, 1.165) is 6.20 Å². The third-order valence-corrected chi connectivity index (χ3v) is 2.71. The third-order valence-electron chi connectivity index (χ3n) is 2.71. The molecule has 0 amide bonds. The highest BCUT2D eigenvalue weighted by Crippen LogP contribution is 2.38. The average molecular weight is 270 g/mol. The normalized spacial score (nSPS) is 11.6. The van der Waals surface area contributed by atoms with E-state index in [1.165, 1.54) is 25.1 Å². The van der Waals surface area contributed by atoms with Crippen molar-refractivity contribution in [2.24, 2.45) is 0 Å². The summed E-state index contributed by atoms with van der Waals surface area (Å²) in [6.45, 7) is 1.48. The monoisotopic (exact) mass is 270 g/mol. The number of aryl methyl sites for hydroxylation is 1. The Bertz CT molecular complexity index is 621. The van der Waals surface area contributed by atoms with Crippen molar-refractivity contribution in [1.29, 1.82) is 0 Å². The number of rotatable bonds is 1. The van der Waals surface area contributed by atoms with Crippen LogP contribution >= 0.6 is 0 Å². The maximum Gasteiger partial charge on any atom is 0.417 e. The van der Waals surface area contributed by atoms with Crippen molar-refractivity contribution in [3.05, 3.63) is 47.4 Å². The molecular formula is C13H10F4N2. The van der Waals surface area contributed by atoms with E-state index in [4.69, 9.17) is 5.73 Å². The van der Waals surface area contributed by atoms with Gasteiger partial charge in [0.05, 0.1) is 5.56 Å². The van der Waals surface area contributed by atoms with E-state index in [1.807, 2.05) is 0 Å². The van der Waals surface area contributed by atoms with Gasteiger partial charge in [0.15, 0.2) is 0 Å². The number of nitrogens with two attached hydrogens (primary N) is 1. The second-order valence-electron chi connectivity index (χ2n) is 4.09. The molecular weight excluding hydrogens is 260 g/mol. The largest absolute Gasteiger partial charge is 0.417 e. The maximum atomic E-state index is 13.9. The Kier molecular flexibility index (Phi) is 3.18. The highest BCUT2D eigenvalue weighted by atomic mass is 19.4. The van der Waals surface area contributed by atoms with E-state index in [-0.39, 0.29) is 22.5 Å². The zero-order valence-corrected chi connectivity index (χ0v) is 9.92. The minimum Gasteiger partial charge on any atom is -0.384 e.